The van der Waals surface area contributed by atoms with Crippen molar-refractivity contribution in [3.8, 4) is 0 Å². The van der Waals surface area contributed by atoms with Gasteiger partial charge in [0.05, 0.1) is 24.3 Å². The van der Waals surface area contributed by atoms with Gasteiger partial charge < -0.3 is 15.0 Å². The Morgan fingerprint density at radius 1 is 1.16 bits per heavy atom. The number of carbonyl (C=O) groups is 4. The molecule has 166 valence electrons. The molecule has 2 aromatic carbocycles. The Hall–Kier alpha value is -3.94. The smallest absolute Gasteiger partial charge is 0.338 e. The average Bonchev–Trinajstić information content (AvgIpc) is 2.98. The summed E-state index contributed by atoms with van der Waals surface area (Å²) >= 11 is 0. The van der Waals surface area contributed by atoms with E-state index >= 15 is 0 Å². The molecule has 1 saturated heterocycles. The molecule has 0 aliphatic carbocycles. The summed E-state index contributed by atoms with van der Waals surface area (Å²) in [5.41, 5.74) is 2.20. The number of aryl methyl sites for hydroxylation is 1. The van der Waals surface area contributed by atoms with Crippen molar-refractivity contribution in [1.29, 1.82) is 0 Å². The highest BCUT2D eigenvalue weighted by Gasteiger charge is 2.46. The normalized spacial score (nSPS) is 15.6. The molecule has 3 rings (SSSR count). The molecule has 1 fully saturated rings. The number of anilines is 2. The highest BCUT2D eigenvalue weighted by atomic mass is 16.5. The fraction of sp³-hybridized carbons (Fsp3) is 0.250. The topological polar surface area (TPSA) is 96.0 Å². The van der Waals surface area contributed by atoms with Gasteiger partial charge in [0.2, 0.25) is 5.91 Å². The summed E-state index contributed by atoms with van der Waals surface area (Å²) in [7, 11) is 0. The Kier molecular flexibility index (Phi) is 7.04. The Bertz CT molecular complexity index is 1050. The van der Waals surface area contributed by atoms with Crippen molar-refractivity contribution in [3.05, 3.63) is 72.3 Å². The summed E-state index contributed by atoms with van der Waals surface area (Å²) in [5, 5.41) is 2.70. The zero-order valence-corrected chi connectivity index (χ0v) is 18.0. The lowest BCUT2D eigenvalue weighted by molar-refractivity contribution is -0.124. The van der Waals surface area contributed by atoms with Crippen LogP contribution in [0.4, 0.5) is 16.2 Å². The third-order valence-corrected chi connectivity index (χ3v) is 4.96. The monoisotopic (exact) mass is 435 g/mol. The Labute approximate surface area is 186 Å². The number of imide groups is 1. The number of esters is 1. The fourth-order valence-corrected chi connectivity index (χ4v) is 3.48. The molecule has 1 aliphatic rings. The van der Waals surface area contributed by atoms with E-state index in [1.54, 1.807) is 49.4 Å². The molecule has 4 amide bonds. The van der Waals surface area contributed by atoms with Gasteiger partial charge in [-0.2, -0.15) is 0 Å². The van der Waals surface area contributed by atoms with Gasteiger partial charge in [-0.1, -0.05) is 18.2 Å². The second-order valence-electron chi connectivity index (χ2n) is 7.30. The highest BCUT2D eigenvalue weighted by molar-refractivity contribution is 6.22. The van der Waals surface area contributed by atoms with Gasteiger partial charge in [0, 0.05) is 12.2 Å². The third kappa shape index (κ3) is 4.85. The summed E-state index contributed by atoms with van der Waals surface area (Å²) in [6, 6.07) is 11.9. The highest BCUT2D eigenvalue weighted by Crippen LogP contribution is 2.27. The summed E-state index contributed by atoms with van der Waals surface area (Å²) in [6.07, 6.45) is 1.31. The number of benzene rings is 2. The maximum atomic E-state index is 13.1. The standard InChI is InChI=1S/C24H25N3O5/c1-4-13-26-20(22(29)27(24(26)31)19-8-6-7-16(3)14-19)15-21(28)25-18-11-9-17(10-12-18)23(30)32-5-2/h4,6-12,14,20H,1,5,13,15H2,2-3H3,(H,25,28)/t20-/m0/s1. The zero-order chi connectivity index (χ0) is 23.3. The molecule has 0 unspecified atom stereocenters. The molecule has 0 spiro atoms. The molecule has 1 N–H and O–H groups in total. The van der Waals surface area contributed by atoms with Crippen LogP contribution in [0, 0.1) is 6.92 Å². The van der Waals surface area contributed by atoms with E-state index in [1.165, 1.54) is 11.0 Å². The van der Waals surface area contributed by atoms with Crippen molar-refractivity contribution in [2.45, 2.75) is 26.3 Å². The van der Waals surface area contributed by atoms with Gasteiger partial charge in [-0.05, 0) is 55.8 Å². The molecule has 8 nitrogen and oxygen atoms in total. The van der Waals surface area contributed by atoms with Crippen molar-refractivity contribution in [3.63, 3.8) is 0 Å². The molecule has 2 aromatic rings. The number of ether oxygens (including phenoxy) is 1. The van der Waals surface area contributed by atoms with Crippen LogP contribution in [0.1, 0.15) is 29.3 Å². The van der Waals surface area contributed by atoms with Gasteiger partial charge in [-0.3, -0.25) is 9.59 Å². The van der Waals surface area contributed by atoms with Gasteiger partial charge in [-0.25, -0.2) is 14.5 Å². The SMILES string of the molecule is C=CCN1C(=O)N(c2cccc(C)c2)C(=O)[C@@H]1CC(=O)Nc1ccc(C(=O)OCC)cc1. The molecular weight excluding hydrogens is 410 g/mol. The van der Waals surface area contributed by atoms with Gasteiger partial charge in [-0.15, -0.1) is 6.58 Å². The summed E-state index contributed by atoms with van der Waals surface area (Å²) < 4.78 is 4.93. The maximum Gasteiger partial charge on any atom is 0.338 e. The number of nitrogens with one attached hydrogen (secondary N) is 1. The fourth-order valence-electron chi connectivity index (χ4n) is 3.48. The first-order chi connectivity index (χ1) is 15.3. The first-order valence-electron chi connectivity index (χ1n) is 10.2. The van der Waals surface area contributed by atoms with E-state index in [1.807, 2.05) is 13.0 Å². The average molecular weight is 435 g/mol. The Morgan fingerprint density at radius 2 is 1.88 bits per heavy atom. The van der Waals surface area contributed by atoms with Gasteiger partial charge in [0.1, 0.15) is 6.04 Å². The van der Waals surface area contributed by atoms with E-state index in [-0.39, 0.29) is 19.6 Å². The molecule has 0 radical (unpaired) electrons. The van der Waals surface area contributed by atoms with Crippen LogP contribution in [0.2, 0.25) is 0 Å². The van der Waals surface area contributed by atoms with Gasteiger partial charge in [0.15, 0.2) is 0 Å². The zero-order valence-electron chi connectivity index (χ0n) is 18.0. The molecule has 1 aliphatic heterocycles. The van der Waals surface area contributed by atoms with Crippen LogP contribution in [0.25, 0.3) is 0 Å². The van der Waals surface area contributed by atoms with Gasteiger partial charge >= 0.3 is 12.0 Å². The Balaban J connectivity index is 1.73. The number of hydrogen-bond donors (Lipinski definition) is 1. The van der Waals surface area contributed by atoms with Crippen LogP contribution in [0.15, 0.2) is 61.2 Å². The minimum Gasteiger partial charge on any atom is -0.462 e. The van der Waals surface area contributed by atoms with Crippen molar-refractivity contribution in [1.82, 2.24) is 4.90 Å². The van der Waals surface area contributed by atoms with E-state index in [0.717, 1.165) is 10.5 Å². The lowest BCUT2D eigenvalue weighted by Crippen LogP contribution is -2.38. The quantitative estimate of drug-likeness (QED) is 0.389. The molecule has 8 heteroatoms. The van der Waals surface area contributed by atoms with Crippen LogP contribution >= 0.6 is 0 Å². The predicted octanol–water partition coefficient (Wildman–Crippen LogP) is 3.52. The largest absolute Gasteiger partial charge is 0.462 e. The molecule has 32 heavy (non-hydrogen) atoms. The van der Waals surface area contributed by atoms with E-state index < -0.39 is 29.9 Å². The second kappa shape index (κ2) is 9.91. The van der Waals surface area contributed by atoms with E-state index in [4.69, 9.17) is 4.74 Å². The van der Waals surface area contributed by atoms with Crippen LogP contribution in [-0.2, 0) is 14.3 Å². The molecule has 0 aromatic heterocycles. The second-order valence-corrected chi connectivity index (χ2v) is 7.30. The van der Waals surface area contributed by atoms with E-state index in [9.17, 15) is 19.2 Å². The van der Waals surface area contributed by atoms with Crippen LogP contribution in [0.5, 0.6) is 0 Å². The number of amides is 4. The summed E-state index contributed by atoms with van der Waals surface area (Å²) in [5.74, 6) is -1.34. The predicted molar refractivity (Wildman–Crippen MR) is 120 cm³/mol. The van der Waals surface area contributed by atoms with Crippen LogP contribution in [-0.4, -0.2) is 47.9 Å². The number of nitrogens with zero attached hydrogens (tertiary/aromatic N) is 2. The van der Waals surface area contributed by atoms with Gasteiger partial charge in [0.25, 0.3) is 5.91 Å². The molecule has 1 heterocycles. The third-order valence-electron chi connectivity index (χ3n) is 4.96. The number of rotatable bonds is 8. The minimum absolute atomic E-state index is 0.138. The number of hydrogen-bond acceptors (Lipinski definition) is 5. The van der Waals surface area contributed by atoms with Crippen molar-refractivity contribution in [2.75, 3.05) is 23.4 Å². The molecule has 0 saturated carbocycles. The van der Waals surface area contributed by atoms with Crippen LogP contribution in [0.3, 0.4) is 0 Å². The lowest BCUT2D eigenvalue weighted by Gasteiger charge is -2.19. The molecular formula is C24H25N3O5. The Morgan fingerprint density at radius 3 is 2.50 bits per heavy atom. The lowest BCUT2D eigenvalue weighted by atomic mass is 10.1. The van der Waals surface area contributed by atoms with Crippen LogP contribution < -0.4 is 10.2 Å². The van der Waals surface area contributed by atoms with E-state index in [2.05, 4.69) is 11.9 Å². The van der Waals surface area contributed by atoms with Crippen molar-refractivity contribution < 1.29 is 23.9 Å². The molecule has 1 atom stereocenters. The number of carbonyl (C=O) groups excluding carboxylic acids is 4. The van der Waals surface area contributed by atoms with Crippen molar-refractivity contribution in [2.24, 2.45) is 0 Å². The van der Waals surface area contributed by atoms with E-state index in [0.29, 0.717) is 16.9 Å². The van der Waals surface area contributed by atoms with Crippen molar-refractivity contribution >= 4 is 35.2 Å². The molecule has 0 bridgehead atoms. The minimum atomic E-state index is -0.945. The summed E-state index contributed by atoms with van der Waals surface area (Å²) in [6.45, 7) is 7.65. The first-order valence-corrected chi connectivity index (χ1v) is 10.2. The summed E-state index contributed by atoms with van der Waals surface area (Å²) in [4.78, 5) is 52.8. The number of urea groups is 1. The maximum absolute atomic E-state index is 13.1. The first kappa shape index (κ1) is 22.7.